The molecule has 8 aromatic carbocycles. The number of oxazole rings is 1. The van der Waals surface area contributed by atoms with Gasteiger partial charge in [0.25, 0.3) is 0 Å². The van der Waals surface area contributed by atoms with Gasteiger partial charge in [-0.1, -0.05) is 109 Å². The summed E-state index contributed by atoms with van der Waals surface area (Å²) >= 11 is 0. The third-order valence-corrected chi connectivity index (χ3v) is 10.5. The average Bonchev–Trinajstić information content (AvgIpc) is 3.83. The summed E-state index contributed by atoms with van der Waals surface area (Å²) in [4.78, 5) is 4.98. The number of nitrogens with zero attached hydrogens (tertiary/aromatic N) is 2. The third-order valence-electron chi connectivity index (χ3n) is 10.5. The molecule has 0 spiro atoms. The maximum atomic E-state index is 6.97. The summed E-state index contributed by atoms with van der Waals surface area (Å²) in [6, 6.07) is 51.8. The molecule has 4 heteroatoms. The smallest absolute Gasteiger partial charge is 0.228 e. The second kappa shape index (κ2) is 9.03. The second-order valence-corrected chi connectivity index (χ2v) is 13.0. The molecule has 0 radical (unpaired) electrons. The molecule has 0 aliphatic heterocycles. The molecule has 4 nitrogen and oxygen atoms in total. The van der Waals surface area contributed by atoms with E-state index in [0.717, 1.165) is 66.1 Å². The minimum atomic E-state index is 0.595. The number of benzene rings is 8. The van der Waals surface area contributed by atoms with Crippen molar-refractivity contribution in [1.29, 1.82) is 0 Å². The molecular formula is C45H24N2O2. The van der Waals surface area contributed by atoms with Crippen LogP contribution in [0.15, 0.2) is 154 Å². The van der Waals surface area contributed by atoms with Crippen LogP contribution < -0.4 is 0 Å². The van der Waals surface area contributed by atoms with Gasteiger partial charge in [0.2, 0.25) is 5.89 Å². The first-order valence-corrected chi connectivity index (χ1v) is 16.6. The van der Waals surface area contributed by atoms with Gasteiger partial charge in [-0.2, -0.15) is 0 Å². The van der Waals surface area contributed by atoms with E-state index in [4.69, 9.17) is 13.8 Å². The maximum absolute atomic E-state index is 6.97. The zero-order valence-corrected chi connectivity index (χ0v) is 26.1. The molecule has 12 rings (SSSR count). The molecule has 0 atom stereocenters. The Balaban J connectivity index is 1.24. The van der Waals surface area contributed by atoms with Crippen molar-refractivity contribution in [3.05, 3.63) is 146 Å². The van der Waals surface area contributed by atoms with Crippen molar-refractivity contribution in [2.24, 2.45) is 0 Å². The Labute approximate surface area is 279 Å². The lowest BCUT2D eigenvalue weighted by molar-refractivity contribution is 0.621. The molecule has 11 aromatic rings. The Hall–Kier alpha value is -6.65. The number of para-hydroxylation sites is 3. The number of hydrogen-bond donors (Lipinski definition) is 0. The van der Waals surface area contributed by atoms with Gasteiger partial charge in [-0.3, -0.25) is 0 Å². The molecule has 0 unspecified atom stereocenters. The zero-order chi connectivity index (χ0) is 31.8. The lowest BCUT2D eigenvalue weighted by atomic mass is 9.93. The summed E-state index contributed by atoms with van der Waals surface area (Å²) in [5.41, 5.74) is 12.6. The Morgan fingerprint density at radius 3 is 2.04 bits per heavy atom. The van der Waals surface area contributed by atoms with Gasteiger partial charge in [-0.15, -0.1) is 0 Å². The van der Waals surface area contributed by atoms with Crippen LogP contribution in [-0.2, 0) is 0 Å². The van der Waals surface area contributed by atoms with Gasteiger partial charge >= 0.3 is 0 Å². The lowest BCUT2D eigenvalue weighted by Crippen LogP contribution is -1.95. The van der Waals surface area contributed by atoms with Gasteiger partial charge in [-0.05, 0) is 80.2 Å². The van der Waals surface area contributed by atoms with E-state index in [9.17, 15) is 0 Å². The monoisotopic (exact) mass is 624 g/mol. The number of furan rings is 1. The fourth-order valence-electron chi connectivity index (χ4n) is 8.57. The Morgan fingerprint density at radius 1 is 0.449 bits per heavy atom. The first-order chi connectivity index (χ1) is 24.3. The van der Waals surface area contributed by atoms with Crippen LogP contribution >= 0.6 is 0 Å². The van der Waals surface area contributed by atoms with Crippen LogP contribution in [0.2, 0.25) is 0 Å². The van der Waals surface area contributed by atoms with Gasteiger partial charge in [0.15, 0.2) is 11.2 Å². The zero-order valence-electron chi connectivity index (χ0n) is 26.1. The van der Waals surface area contributed by atoms with Crippen LogP contribution in [0.5, 0.6) is 0 Å². The van der Waals surface area contributed by atoms with Crippen LogP contribution in [0.1, 0.15) is 0 Å². The molecule has 3 heterocycles. The fraction of sp³-hybridized carbons (Fsp3) is 0. The highest BCUT2D eigenvalue weighted by molar-refractivity contribution is 6.31. The van der Waals surface area contributed by atoms with Crippen LogP contribution in [0.25, 0.3) is 116 Å². The molecule has 0 amide bonds. The highest BCUT2D eigenvalue weighted by Crippen LogP contribution is 2.50. The molecule has 0 N–H and O–H groups in total. The molecule has 0 saturated carbocycles. The Kier molecular flexibility index (Phi) is 4.69. The van der Waals surface area contributed by atoms with E-state index in [1.807, 2.05) is 24.3 Å². The van der Waals surface area contributed by atoms with Crippen molar-refractivity contribution in [2.45, 2.75) is 0 Å². The number of rotatable bonds is 2. The number of aromatic nitrogens is 2. The average molecular weight is 625 g/mol. The SMILES string of the molecule is c1ccc2c(c1)-c1cccc3ccc4c(c13)c1c-2cccc1n4-c1cccc2c1oc1cc3ccccc3c(-c3nc4ccccc4o3)c12. The van der Waals surface area contributed by atoms with E-state index in [2.05, 4.69) is 126 Å². The van der Waals surface area contributed by atoms with E-state index in [1.165, 1.54) is 43.8 Å². The molecule has 0 fully saturated rings. The summed E-state index contributed by atoms with van der Waals surface area (Å²) in [5, 5.41) is 9.28. The number of hydrogen-bond acceptors (Lipinski definition) is 3. The van der Waals surface area contributed by atoms with Gasteiger partial charge in [-0.25, -0.2) is 4.98 Å². The van der Waals surface area contributed by atoms with Gasteiger partial charge in [0, 0.05) is 21.5 Å². The molecule has 49 heavy (non-hydrogen) atoms. The lowest BCUT2D eigenvalue weighted by Gasteiger charge is -2.13. The first kappa shape index (κ1) is 25.4. The van der Waals surface area contributed by atoms with E-state index in [1.54, 1.807) is 0 Å². The fourth-order valence-corrected chi connectivity index (χ4v) is 8.57. The largest absolute Gasteiger partial charge is 0.454 e. The minimum Gasteiger partial charge on any atom is -0.454 e. The molecular weight excluding hydrogens is 601 g/mol. The van der Waals surface area contributed by atoms with Crippen LogP contribution in [0, 0.1) is 0 Å². The van der Waals surface area contributed by atoms with E-state index < -0.39 is 0 Å². The van der Waals surface area contributed by atoms with Crippen molar-refractivity contribution >= 4 is 76.4 Å². The van der Waals surface area contributed by atoms with Crippen molar-refractivity contribution in [1.82, 2.24) is 9.55 Å². The molecule has 1 aliphatic carbocycles. The van der Waals surface area contributed by atoms with Gasteiger partial charge in [0.1, 0.15) is 11.1 Å². The standard InChI is InChI=1S/C45H24N2O2/c1-2-12-27-26(10-1)24-38-41(42(27)45-46-33-18-5-6-21-37(33)49-45)32-17-9-20-36(44(32)48-38)47-34-19-8-16-31-29-14-4-3-13-28(29)30-15-7-11-25-22-23-35(47)43(39(25)30)40(31)34/h1-24H. The normalized spacial score (nSPS) is 12.5. The molecule has 0 saturated heterocycles. The summed E-state index contributed by atoms with van der Waals surface area (Å²) in [5.74, 6) is 0.595. The predicted molar refractivity (Wildman–Crippen MR) is 201 cm³/mol. The predicted octanol–water partition coefficient (Wildman–Crippen LogP) is 12.4. The van der Waals surface area contributed by atoms with Crippen molar-refractivity contribution in [3.63, 3.8) is 0 Å². The topological polar surface area (TPSA) is 44.1 Å². The number of fused-ring (bicyclic) bond motifs is 8. The van der Waals surface area contributed by atoms with Gasteiger partial charge in [0.05, 0.1) is 22.3 Å². The maximum Gasteiger partial charge on any atom is 0.228 e. The van der Waals surface area contributed by atoms with Crippen molar-refractivity contribution in [3.8, 4) is 39.4 Å². The quantitative estimate of drug-likeness (QED) is 0.192. The van der Waals surface area contributed by atoms with Crippen molar-refractivity contribution < 1.29 is 8.83 Å². The highest BCUT2D eigenvalue weighted by Gasteiger charge is 2.27. The summed E-state index contributed by atoms with van der Waals surface area (Å²) in [6.45, 7) is 0. The highest BCUT2D eigenvalue weighted by atomic mass is 16.3. The van der Waals surface area contributed by atoms with Crippen molar-refractivity contribution in [2.75, 3.05) is 0 Å². The first-order valence-electron chi connectivity index (χ1n) is 16.6. The van der Waals surface area contributed by atoms with E-state index >= 15 is 0 Å². The molecule has 3 aromatic heterocycles. The summed E-state index contributed by atoms with van der Waals surface area (Å²) < 4.78 is 15.8. The van der Waals surface area contributed by atoms with Crippen LogP contribution in [0.4, 0.5) is 0 Å². The Morgan fingerprint density at radius 2 is 1.14 bits per heavy atom. The summed E-state index contributed by atoms with van der Waals surface area (Å²) in [7, 11) is 0. The van der Waals surface area contributed by atoms with Crippen LogP contribution in [-0.4, -0.2) is 9.55 Å². The summed E-state index contributed by atoms with van der Waals surface area (Å²) in [6.07, 6.45) is 0. The Bertz CT molecular complexity index is 3200. The van der Waals surface area contributed by atoms with E-state index in [0.29, 0.717) is 5.89 Å². The van der Waals surface area contributed by atoms with E-state index in [-0.39, 0.29) is 0 Å². The third kappa shape index (κ3) is 3.20. The molecule has 1 aliphatic rings. The second-order valence-electron chi connectivity index (χ2n) is 13.0. The molecule has 0 bridgehead atoms. The minimum absolute atomic E-state index is 0.595. The molecule has 226 valence electrons. The van der Waals surface area contributed by atoms with Crippen LogP contribution in [0.3, 0.4) is 0 Å². The van der Waals surface area contributed by atoms with Gasteiger partial charge < -0.3 is 13.4 Å².